The van der Waals surface area contributed by atoms with Gasteiger partial charge in [0.05, 0.1) is 23.9 Å². The van der Waals surface area contributed by atoms with Gasteiger partial charge in [0.25, 0.3) is 5.91 Å². The van der Waals surface area contributed by atoms with Crippen molar-refractivity contribution in [2.45, 2.75) is 31.3 Å². The number of anilines is 2. The second kappa shape index (κ2) is 7.74. The lowest BCUT2D eigenvalue weighted by molar-refractivity contribution is -0.124. The van der Waals surface area contributed by atoms with Gasteiger partial charge in [-0.2, -0.15) is 0 Å². The molecule has 0 bridgehead atoms. The van der Waals surface area contributed by atoms with Gasteiger partial charge in [0.2, 0.25) is 0 Å². The summed E-state index contributed by atoms with van der Waals surface area (Å²) in [7, 11) is 1.70. The molecule has 1 aromatic heterocycles. The molecule has 1 amide bonds. The third-order valence-electron chi connectivity index (χ3n) is 5.65. The zero-order valence-corrected chi connectivity index (χ0v) is 15.8. The molecule has 3 heterocycles. The Kier molecular flexibility index (Phi) is 5.18. The third kappa shape index (κ3) is 3.59. The van der Waals surface area contributed by atoms with E-state index in [0.29, 0.717) is 13.2 Å². The van der Waals surface area contributed by atoms with Gasteiger partial charge in [-0.3, -0.25) is 9.69 Å². The van der Waals surface area contributed by atoms with Crippen LogP contribution in [0.15, 0.2) is 47.3 Å². The number of methoxy groups -OCH3 is 1. The quantitative estimate of drug-likeness (QED) is 0.793. The minimum absolute atomic E-state index is 0.195. The fourth-order valence-electron chi connectivity index (χ4n) is 4.16. The van der Waals surface area contributed by atoms with Gasteiger partial charge >= 0.3 is 0 Å². The maximum atomic E-state index is 13.5. The molecule has 4 rings (SSSR count). The highest BCUT2D eigenvalue weighted by molar-refractivity contribution is 6.08. The molecule has 144 valence electrons. The van der Waals surface area contributed by atoms with Crippen LogP contribution in [-0.4, -0.2) is 49.7 Å². The monoisotopic (exact) mass is 369 g/mol. The molecule has 1 saturated heterocycles. The summed E-state index contributed by atoms with van der Waals surface area (Å²) in [5.41, 5.74) is 2.71. The van der Waals surface area contributed by atoms with Crippen LogP contribution in [-0.2, 0) is 16.1 Å². The molecular formula is C21H27N3O3. The van der Waals surface area contributed by atoms with Crippen LogP contribution in [0.25, 0.3) is 0 Å². The van der Waals surface area contributed by atoms with Crippen molar-refractivity contribution in [3.8, 4) is 0 Å². The smallest absolute Gasteiger partial charge is 0.252 e. The summed E-state index contributed by atoms with van der Waals surface area (Å²) in [6, 6.07) is 10.1. The van der Waals surface area contributed by atoms with Crippen LogP contribution in [0.2, 0.25) is 0 Å². The van der Waals surface area contributed by atoms with Crippen LogP contribution in [0, 0.1) is 0 Å². The number of para-hydroxylation sites is 2. The van der Waals surface area contributed by atoms with Crippen LogP contribution in [0.4, 0.5) is 11.4 Å². The molecule has 0 unspecified atom stereocenters. The molecule has 2 aliphatic rings. The number of rotatable bonds is 6. The van der Waals surface area contributed by atoms with E-state index in [2.05, 4.69) is 16.3 Å². The first-order valence-corrected chi connectivity index (χ1v) is 9.63. The van der Waals surface area contributed by atoms with Crippen molar-refractivity contribution >= 4 is 17.3 Å². The molecule has 0 aliphatic carbocycles. The number of piperidine rings is 1. The van der Waals surface area contributed by atoms with Crippen LogP contribution in [0.3, 0.4) is 0 Å². The Morgan fingerprint density at radius 1 is 1.22 bits per heavy atom. The zero-order chi connectivity index (χ0) is 18.7. The maximum Gasteiger partial charge on any atom is 0.252 e. The Bertz CT molecular complexity index is 767. The number of nitrogens with zero attached hydrogens (tertiary/aromatic N) is 2. The van der Waals surface area contributed by atoms with Crippen molar-refractivity contribution in [2.75, 3.05) is 43.6 Å². The van der Waals surface area contributed by atoms with Crippen molar-refractivity contribution in [2.24, 2.45) is 0 Å². The van der Waals surface area contributed by atoms with Gasteiger partial charge in [0, 0.05) is 45.5 Å². The Hall–Kier alpha value is -2.31. The Balaban J connectivity index is 1.50. The molecule has 1 fully saturated rings. The van der Waals surface area contributed by atoms with Crippen LogP contribution in [0.5, 0.6) is 0 Å². The minimum atomic E-state index is -0.506. The van der Waals surface area contributed by atoms with E-state index in [1.165, 1.54) is 5.56 Å². The van der Waals surface area contributed by atoms with Crippen molar-refractivity contribution in [1.82, 2.24) is 4.90 Å². The molecule has 2 aromatic rings. The van der Waals surface area contributed by atoms with Crippen LogP contribution >= 0.6 is 0 Å². The molecule has 2 aliphatic heterocycles. The summed E-state index contributed by atoms with van der Waals surface area (Å²) in [6.45, 7) is 3.99. The lowest BCUT2D eigenvalue weighted by Gasteiger charge is -2.47. The largest absolute Gasteiger partial charge is 0.472 e. The minimum Gasteiger partial charge on any atom is -0.472 e. The van der Waals surface area contributed by atoms with Crippen molar-refractivity contribution in [3.63, 3.8) is 0 Å². The molecule has 0 atom stereocenters. The average molecular weight is 369 g/mol. The van der Waals surface area contributed by atoms with Crippen molar-refractivity contribution < 1.29 is 13.9 Å². The highest BCUT2D eigenvalue weighted by Crippen LogP contribution is 2.40. The Morgan fingerprint density at radius 2 is 2.04 bits per heavy atom. The SMILES string of the molecule is COCCCN1C(=O)C2(CCN(Cc3ccoc3)CC2)Nc2ccccc21. The van der Waals surface area contributed by atoms with E-state index in [0.717, 1.165) is 50.3 Å². The van der Waals surface area contributed by atoms with Gasteiger partial charge in [0.15, 0.2) is 0 Å². The van der Waals surface area contributed by atoms with Crippen LogP contribution in [0.1, 0.15) is 24.8 Å². The fraction of sp³-hybridized carbons (Fsp3) is 0.476. The average Bonchev–Trinajstić information content (AvgIpc) is 3.20. The normalized spacial score (nSPS) is 19.1. The molecule has 6 nitrogen and oxygen atoms in total. The number of nitrogens with one attached hydrogen (secondary N) is 1. The summed E-state index contributed by atoms with van der Waals surface area (Å²) in [5, 5.41) is 3.59. The third-order valence-corrected chi connectivity index (χ3v) is 5.65. The maximum absolute atomic E-state index is 13.5. The summed E-state index contributed by atoms with van der Waals surface area (Å²) < 4.78 is 10.4. The van der Waals surface area contributed by atoms with E-state index in [1.807, 2.05) is 29.2 Å². The first kappa shape index (κ1) is 18.1. The van der Waals surface area contributed by atoms with Gasteiger partial charge in [-0.1, -0.05) is 12.1 Å². The molecule has 1 N–H and O–H groups in total. The van der Waals surface area contributed by atoms with Gasteiger partial charge in [-0.05, 0) is 37.5 Å². The fourth-order valence-corrected chi connectivity index (χ4v) is 4.16. The lowest BCUT2D eigenvalue weighted by Crippen LogP contribution is -2.62. The first-order chi connectivity index (χ1) is 13.2. The number of hydrogen-bond donors (Lipinski definition) is 1. The predicted molar refractivity (Wildman–Crippen MR) is 105 cm³/mol. The number of carbonyl (C=O) groups excluding carboxylic acids is 1. The summed E-state index contributed by atoms with van der Waals surface area (Å²) in [5.74, 6) is 0.195. The predicted octanol–water partition coefficient (Wildman–Crippen LogP) is 3.11. The van der Waals surface area contributed by atoms with Crippen LogP contribution < -0.4 is 10.2 Å². The van der Waals surface area contributed by atoms with E-state index >= 15 is 0 Å². The van der Waals surface area contributed by atoms with Gasteiger partial charge in [-0.25, -0.2) is 0 Å². The van der Waals surface area contributed by atoms with Gasteiger partial charge in [0.1, 0.15) is 5.54 Å². The number of amides is 1. The zero-order valence-electron chi connectivity index (χ0n) is 15.8. The Labute approximate surface area is 160 Å². The molecular weight excluding hydrogens is 342 g/mol. The topological polar surface area (TPSA) is 58.0 Å². The molecule has 1 spiro atoms. The highest BCUT2D eigenvalue weighted by atomic mass is 16.5. The molecule has 6 heteroatoms. The molecule has 0 saturated carbocycles. The summed E-state index contributed by atoms with van der Waals surface area (Å²) in [4.78, 5) is 17.8. The van der Waals surface area contributed by atoms with Crippen molar-refractivity contribution in [3.05, 3.63) is 48.4 Å². The van der Waals surface area contributed by atoms with E-state index in [4.69, 9.17) is 9.15 Å². The molecule has 27 heavy (non-hydrogen) atoms. The number of carbonyl (C=O) groups is 1. The number of hydrogen-bond acceptors (Lipinski definition) is 5. The van der Waals surface area contributed by atoms with E-state index in [9.17, 15) is 4.79 Å². The first-order valence-electron chi connectivity index (χ1n) is 9.63. The number of furan rings is 1. The summed E-state index contributed by atoms with van der Waals surface area (Å²) in [6.07, 6.45) is 5.95. The Morgan fingerprint density at radius 3 is 2.78 bits per heavy atom. The summed E-state index contributed by atoms with van der Waals surface area (Å²) >= 11 is 0. The van der Waals surface area contributed by atoms with E-state index in [1.54, 1.807) is 19.6 Å². The van der Waals surface area contributed by atoms with Gasteiger partial charge < -0.3 is 19.4 Å². The second-order valence-corrected chi connectivity index (χ2v) is 7.44. The van der Waals surface area contributed by atoms with Gasteiger partial charge in [-0.15, -0.1) is 0 Å². The second-order valence-electron chi connectivity index (χ2n) is 7.44. The standard InChI is InChI=1S/C21H27N3O3/c1-26-13-4-10-24-19-6-3-2-5-18(19)22-21(20(24)25)8-11-23(12-9-21)15-17-7-14-27-16-17/h2-3,5-7,14,16,22H,4,8-13,15H2,1H3. The number of ether oxygens (including phenoxy) is 1. The molecule has 0 radical (unpaired) electrons. The van der Waals surface area contributed by atoms with E-state index in [-0.39, 0.29) is 5.91 Å². The highest BCUT2D eigenvalue weighted by Gasteiger charge is 2.47. The van der Waals surface area contributed by atoms with E-state index < -0.39 is 5.54 Å². The number of fused-ring (bicyclic) bond motifs is 1. The number of benzene rings is 1. The molecule has 1 aromatic carbocycles. The van der Waals surface area contributed by atoms with Crippen molar-refractivity contribution in [1.29, 1.82) is 0 Å². The lowest BCUT2D eigenvalue weighted by atomic mass is 9.83. The number of likely N-dealkylation sites (tertiary alicyclic amines) is 1.